The van der Waals surface area contributed by atoms with Gasteiger partial charge in [0, 0.05) is 5.75 Å². The second-order valence-corrected chi connectivity index (χ2v) is 6.75. The maximum absolute atomic E-state index is 11.9. The standard InChI is InChI=1S/C9H19O3PS/c1-4-7-8-12-13(10,11-6-3)14-9-5-2/h5H,2,4,6-9H2,1,3H3. The van der Waals surface area contributed by atoms with Gasteiger partial charge in [0.05, 0.1) is 13.2 Å². The molecule has 0 aliphatic heterocycles. The molecule has 0 aliphatic rings. The molecule has 0 spiro atoms. The van der Waals surface area contributed by atoms with Gasteiger partial charge in [0.1, 0.15) is 0 Å². The number of hydrogen-bond donors (Lipinski definition) is 0. The summed E-state index contributed by atoms with van der Waals surface area (Å²) in [4.78, 5) is 0. The van der Waals surface area contributed by atoms with Crippen LogP contribution < -0.4 is 0 Å². The molecule has 0 saturated carbocycles. The molecule has 3 nitrogen and oxygen atoms in total. The molecule has 0 heterocycles. The summed E-state index contributed by atoms with van der Waals surface area (Å²) in [6.07, 6.45) is 3.63. The van der Waals surface area contributed by atoms with E-state index in [-0.39, 0.29) is 0 Å². The van der Waals surface area contributed by atoms with Gasteiger partial charge in [-0.15, -0.1) is 6.58 Å². The van der Waals surface area contributed by atoms with Crippen LogP contribution in [0.1, 0.15) is 26.7 Å². The minimum atomic E-state index is -2.92. The lowest BCUT2D eigenvalue weighted by Crippen LogP contribution is -1.95. The molecule has 0 aromatic heterocycles. The first-order valence-electron chi connectivity index (χ1n) is 4.83. The fourth-order valence-corrected chi connectivity index (χ4v) is 3.77. The van der Waals surface area contributed by atoms with Crippen LogP contribution in [0.4, 0.5) is 0 Å². The topological polar surface area (TPSA) is 35.5 Å². The second kappa shape index (κ2) is 8.54. The van der Waals surface area contributed by atoms with E-state index in [1.165, 1.54) is 11.4 Å². The van der Waals surface area contributed by atoms with E-state index < -0.39 is 6.80 Å². The summed E-state index contributed by atoms with van der Waals surface area (Å²) in [5.74, 6) is 0.587. The number of rotatable bonds is 9. The van der Waals surface area contributed by atoms with Crippen molar-refractivity contribution in [1.29, 1.82) is 0 Å². The van der Waals surface area contributed by atoms with Gasteiger partial charge in [-0.25, -0.2) is 4.57 Å². The zero-order valence-electron chi connectivity index (χ0n) is 8.90. The maximum Gasteiger partial charge on any atom is 0.389 e. The van der Waals surface area contributed by atoms with E-state index in [0.717, 1.165) is 12.8 Å². The van der Waals surface area contributed by atoms with E-state index in [2.05, 4.69) is 13.5 Å². The Morgan fingerprint density at radius 2 is 2.14 bits per heavy atom. The third kappa shape index (κ3) is 6.66. The molecule has 0 rings (SSSR count). The average molecular weight is 238 g/mol. The zero-order valence-corrected chi connectivity index (χ0v) is 10.6. The molecule has 1 atom stereocenters. The average Bonchev–Trinajstić information content (AvgIpc) is 2.16. The van der Waals surface area contributed by atoms with Gasteiger partial charge < -0.3 is 9.05 Å². The van der Waals surface area contributed by atoms with Crippen LogP contribution in [-0.2, 0) is 13.6 Å². The summed E-state index contributed by atoms with van der Waals surface area (Å²) in [7, 11) is 0. The van der Waals surface area contributed by atoms with Crippen molar-refractivity contribution >= 4 is 18.2 Å². The fourth-order valence-electron chi connectivity index (χ4n) is 0.735. The van der Waals surface area contributed by atoms with Crippen molar-refractivity contribution in [2.45, 2.75) is 26.7 Å². The molecule has 1 unspecified atom stereocenters. The van der Waals surface area contributed by atoms with Crippen molar-refractivity contribution in [3.63, 3.8) is 0 Å². The molecular formula is C9H19O3PS. The Kier molecular flexibility index (Phi) is 8.69. The van der Waals surface area contributed by atoms with E-state index in [9.17, 15) is 4.57 Å². The SMILES string of the molecule is C=CCSP(=O)(OCC)OCCCC. The third-order valence-electron chi connectivity index (χ3n) is 1.39. The highest BCUT2D eigenvalue weighted by molar-refractivity contribution is 8.55. The zero-order chi connectivity index (χ0) is 10.9. The van der Waals surface area contributed by atoms with Crippen molar-refractivity contribution in [2.75, 3.05) is 19.0 Å². The van der Waals surface area contributed by atoms with Crippen LogP contribution in [-0.4, -0.2) is 19.0 Å². The molecule has 0 aliphatic carbocycles. The molecule has 0 aromatic rings. The van der Waals surface area contributed by atoms with Gasteiger partial charge in [-0.2, -0.15) is 0 Å². The first-order valence-corrected chi connectivity index (χ1v) is 7.96. The minimum Gasteiger partial charge on any atom is -0.301 e. The van der Waals surface area contributed by atoms with Crippen LogP contribution in [0, 0.1) is 0 Å². The summed E-state index contributed by atoms with van der Waals surface area (Å²) in [6.45, 7) is 5.43. The Hall–Kier alpha value is 0.240. The molecular weight excluding hydrogens is 219 g/mol. The van der Waals surface area contributed by atoms with Gasteiger partial charge >= 0.3 is 6.80 Å². The Balaban J connectivity index is 3.95. The summed E-state index contributed by atoms with van der Waals surface area (Å²) in [5.41, 5.74) is 0. The molecule has 0 saturated heterocycles. The van der Waals surface area contributed by atoms with Crippen molar-refractivity contribution in [2.24, 2.45) is 0 Å². The Morgan fingerprint density at radius 3 is 2.64 bits per heavy atom. The van der Waals surface area contributed by atoms with E-state index in [4.69, 9.17) is 9.05 Å². The Labute approximate surface area is 90.5 Å². The van der Waals surface area contributed by atoms with Crippen molar-refractivity contribution < 1.29 is 13.6 Å². The van der Waals surface area contributed by atoms with Gasteiger partial charge in [-0.05, 0) is 24.7 Å². The van der Waals surface area contributed by atoms with Crippen LogP contribution in [0.2, 0.25) is 0 Å². The molecule has 5 heteroatoms. The van der Waals surface area contributed by atoms with Crippen LogP contribution in [0.5, 0.6) is 0 Å². The number of hydrogen-bond acceptors (Lipinski definition) is 4. The van der Waals surface area contributed by atoms with E-state index in [1.807, 2.05) is 6.92 Å². The van der Waals surface area contributed by atoms with Crippen molar-refractivity contribution in [3.05, 3.63) is 12.7 Å². The van der Waals surface area contributed by atoms with Gasteiger partial charge in [0.15, 0.2) is 0 Å². The third-order valence-corrected chi connectivity index (χ3v) is 5.19. The van der Waals surface area contributed by atoms with Crippen LogP contribution in [0.3, 0.4) is 0 Å². The summed E-state index contributed by atoms with van der Waals surface area (Å²) < 4.78 is 22.3. The predicted molar refractivity (Wildman–Crippen MR) is 62.7 cm³/mol. The summed E-state index contributed by atoms with van der Waals surface area (Å²) in [6, 6.07) is 0. The highest BCUT2D eigenvalue weighted by atomic mass is 32.7. The second-order valence-electron chi connectivity index (χ2n) is 2.64. The normalized spacial score (nSPS) is 15.0. The summed E-state index contributed by atoms with van der Waals surface area (Å²) >= 11 is 1.19. The van der Waals surface area contributed by atoms with E-state index >= 15 is 0 Å². The van der Waals surface area contributed by atoms with Gasteiger partial charge in [-0.3, -0.25) is 0 Å². The molecule has 14 heavy (non-hydrogen) atoms. The van der Waals surface area contributed by atoms with E-state index in [0.29, 0.717) is 19.0 Å². The summed E-state index contributed by atoms with van der Waals surface area (Å²) in [5, 5.41) is 0. The lowest BCUT2D eigenvalue weighted by Gasteiger charge is -2.15. The van der Waals surface area contributed by atoms with Crippen LogP contribution >= 0.6 is 18.2 Å². The Bertz CT molecular complexity index is 196. The molecule has 84 valence electrons. The lowest BCUT2D eigenvalue weighted by atomic mass is 10.4. The van der Waals surface area contributed by atoms with Gasteiger partial charge in [0.2, 0.25) is 0 Å². The predicted octanol–water partition coefficient (Wildman–Crippen LogP) is 3.87. The lowest BCUT2D eigenvalue weighted by molar-refractivity contribution is 0.225. The Morgan fingerprint density at radius 1 is 1.43 bits per heavy atom. The smallest absolute Gasteiger partial charge is 0.301 e. The van der Waals surface area contributed by atoms with Crippen LogP contribution in [0.25, 0.3) is 0 Å². The largest absolute Gasteiger partial charge is 0.389 e. The molecule has 0 radical (unpaired) electrons. The molecule has 0 bridgehead atoms. The minimum absolute atomic E-state index is 0.410. The van der Waals surface area contributed by atoms with Crippen molar-refractivity contribution in [1.82, 2.24) is 0 Å². The number of unbranched alkanes of at least 4 members (excludes halogenated alkanes) is 1. The highest BCUT2D eigenvalue weighted by Gasteiger charge is 2.23. The van der Waals surface area contributed by atoms with Crippen LogP contribution in [0.15, 0.2) is 12.7 Å². The maximum atomic E-state index is 11.9. The molecule has 0 aromatic carbocycles. The quantitative estimate of drug-likeness (QED) is 0.347. The monoisotopic (exact) mass is 238 g/mol. The van der Waals surface area contributed by atoms with Crippen molar-refractivity contribution in [3.8, 4) is 0 Å². The van der Waals surface area contributed by atoms with Gasteiger partial charge in [-0.1, -0.05) is 19.4 Å². The molecule has 0 amide bonds. The highest BCUT2D eigenvalue weighted by Crippen LogP contribution is 2.60. The first-order chi connectivity index (χ1) is 6.68. The van der Waals surface area contributed by atoms with Gasteiger partial charge in [0.25, 0.3) is 0 Å². The first kappa shape index (κ1) is 14.2. The van der Waals surface area contributed by atoms with E-state index in [1.54, 1.807) is 6.08 Å². The fraction of sp³-hybridized carbons (Fsp3) is 0.778. The molecule has 0 fully saturated rings. The molecule has 0 N–H and O–H groups in total.